The van der Waals surface area contributed by atoms with Crippen LogP contribution in [-0.4, -0.2) is 72.7 Å². The van der Waals surface area contributed by atoms with Gasteiger partial charge in [0.15, 0.2) is 5.82 Å². The molecule has 206 valence electrons. The summed E-state index contributed by atoms with van der Waals surface area (Å²) in [7, 11) is 5.03. The topological polar surface area (TPSA) is 103 Å². The summed E-state index contributed by atoms with van der Waals surface area (Å²) >= 11 is 6.38. The zero-order valence-corrected chi connectivity index (χ0v) is 23.0. The molecule has 12 heteroatoms. The van der Waals surface area contributed by atoms with Crippen LogP contribution in [0.25, 0.3) is 0 Å². The Morgan fingerprint density at radius 1 is 1.18 bits per heavy atom. The zero-order chi connectivity index (χ0) is 28.1. The lowest BCUT2D eigenvalue weighted by molar-refractivity contribution is 0.0799. The third kappa shape index (κ3) is 6.14. The molecule has 0 radical (unpaired) electrons. The van der Waals surface area contributed by atoms with Crippen molar-refractivity contribution in [3.8, 4) is 5.75 Å². The van der Waals surface area contributed by atoms with E-state index in [0.29, 0.717) is 37.6 Å². The number of hydrazine groups is 1. The summed E-state index contributed by atoms with van der Waals surface area (Å²) < 4.78 is 19.4. The van der Waals surface area contributed by atoms with Crippen molar-refractivity contribution < 1.29 is 18.7 Å². The number of aromatic nitrogens is 2. The number of ether oxygens (including phenoxy) is 1. The Labute approximate surface area is 231 Å². The number of halogens is 2. The Kier molecular flexibility index (Phi) is 8.70. The number of urea groups is 1. The maximum atomic E-state index is 13.7. The van der Waals surface area contributed by atoms with Crippen LogP contribution >= 0.6 is 11.6 Å². The summed E-state index contributed by atoms with van der Waals surface area (Å²) in [6, 6.07) is 9.38. The number of hydrogen-bond donors (Lipinski definition) is 2. The molecule has 0 atom stereocenters. The molecule has 0 unspecified atom stereocenters. The van der Waals surface area contributed by atoms with Crippen LogP contribution in [-0.2, 0) is 12.8 Å². The van der Waals surface area contributed by atoms with Crippen LogP contribution in [0.5, 0.6) is 5.75 Å². The summed E-state index contributed by atoms with van der Waals surface area (Å²) in [6.45, 7) is 3.26. The highest BCUT2D eigenvalue weighted by Crippen LogP contribution is 2.36. The van der Waals surface area contributed by atoms with Crippen LogP contribution in [0.1, 0.15) is 28.4 Å². The van der Waals surface area contributed by atoms with Crippen molar-refractivity contribution >= 4 is 41.0 Å². The molecule has 39 heavy (non-hydrogen) atoms. The second-order valence-corrected chi connectivity index (χ2v) is 9.34. The van der Waals surface area contributed by atoms with Gasteiger partial charge in [0.05, 0.1) is 19.0 Å². The van der Waals surface area contributed by atoms with Crippen LogP contribution in [0.2, 0.25) is 5.02 Å². The van der Waals surface area contributed by atoms with Gasteiger partial charge in [0, 0.05) is 39.3 Å². The number of hydrogen-bond acceptors (Lipinski definition) is 7. The third-order valence-corrected chi connectivity index (χ3v) is 6.85. The van der Waals surface area contributed by atoms with E-state index in [1.54, 1.807) is 37.9 Å². The predicted molar refractivity (Wildman–Crippen MR) is 148 cm³/mol. The summed E-state index contributed by atoms with van der Waals surface area (Å²) in [5, 5.41) is 4.20. The number of nitrogens with zero attached hydrogens (tertiary/aromatic N) is 5. The first-order chi connectivity index (χ1) is 18.7. The molecule has 1 aliphatic heterocycles. The van der Waals surface area contributed by atoms with Gasteiger partial charge in [0.25, 0.3) is 5.91 Å². The summed E-state index contributed by atoms with van der Waals surface area (Å²) in [5.74, 6) is 0.232. The van der Waals surface area contributed by atoms with Crippen molar-refractivity contribution in [2.45, 2.75) is 19.8 Å². The number of benzene rings is 2. The van der Waals surface area contributed by atoms with E-state index in [9.17, 15) is 14.0 Å². The van der Waals surface area contributed by atoms with E-state index in [1.807, 2.05) is 12.1 Å². The van der Waals surface area contributed by atoms with Crippen molar-refractivity contribution in [2.24, 2.45) is 0 Å². The smallest absolute Gasteiger partial charge is 0.317 e. The molecule has 2 N–H and O–H groups in total. The van der Waals surface area contributed by atoms with E-state index in [-0.39, 0.29) is 29.0 Å². The minimum atomic E-state index is -0.503. The van der Waals surface area contributed by atoms with Gasteiger partial charge in [-0.15, -0.1) is 0 Å². The quantitative estimate of drug-likeness (QED) is 0.420. The average molecular weight is 556 g/mol. The van der Waals surface area contributed by atoms with Gasteiger partial charge < -0.3 is 19.9 Å². The SMILES string of the molecule is CCN(Nc1nc(N(C)c2cc3c(cc2OC)CCN(C(=O)NC)CC3)ncc1Cl)C(=O)c1cccc(F)c1. The number of rotatable bonds is 7. The molecule has 0 aliphatic carbocycles. The molecule has 2 aromatic carbocycles. The highest BCUT2D eigenvalue weighted by atomic mass is 35.5. The molecule has 0 saturated carbocycles. The number of carbonyl (C=O) groups excluding carboxylic acids is 2. The van der Waals surface area contributed by atoms with Gasteiger partial charge in [-0.3, -0.25) is 15.2 Å². The van der Waals surface area contributed by atoms with E-state index in [0.717, 1.165) is 16.8 Å². The third-order valence-electron chi connectivity index (χ3n) is 6.57. The highest BCUT2D eigenvalue weighted by Gasteiger charge is 2.23. The monoisotopic (exact) mass is 555 g/mol. The number of carbonyl (C=O) groups is 2. The lowest BCUT2D eigenvalue weighted by Crippen LogP contribution is -2.39. The molecule has 0 fully saturated rings. The number of nitrogens with one attached hydrogen (secondary N) is 2. The lowest BCUT2D eigenvalue weighted by atomic mass is 10.0. The van der Waals surface area contributed by atoms with E-state index in [4.69, 9.17) is 16.3 Å². The first-order valence-corrected chi connectivity index (χ1v) is 12.9. The first kappa shape index (κ1) is 27.9. The molecule has 1 aromatic heterocycles. The standard InChI is InChI=1S/C27H31ClFN7O3/c1-5-36(25(37)19-7-6-8-20(29)13-19)33-24-21(28)16-31-26(32-24)34(3)22-14-17-9-11-35(27(38)30-2)12-10-18(17)15-23(22)39-4/h6-8,13-16H,5,9-12H2,1-4H3,(H,30,38)(H,31,32,33). The molecule has 10 nitrogen and oxygen atoms in total. The average Bonchev–Trinajstić information content (AvgIpc) is 3.17. The number of methoxy groups -OCH3 is 1. The highest BCUT2D eigenvalue weighted by molar-refractivity contribution is 6.32. The fourth-order valence-corrected chi connectivity index (χ4v) is 4.55. The predicted octanol–water partition coefficient (Wildman–Crippen LogP) is 4.27. The molecule has 0 saturated heterocycles. The van der Waals surface area contributed by atoms with Crippen molar-refractivity contribution in [3.05, 3.63) is 70.1 Å². The number of amides is 3. The van der Waals surface area contributed by atoms with E-state index in [2.05, 4.69) is 20.7 Å². The molecule has 3 aromatic rings. The van der Waals surface area contributed by atoms with Crippen molar-refractivity contribution in [1.82, 2.24) is 25.2 Å². The molecule has 2 heterocycles. The lowest BCUT2D eigenvalue weighted by Gasteiger charge is -2.25. The Hall–Kier alpha value is -4.12. The van der Waals surface area contributed by atoms with Crippen LogP contribution < -0.4 is 20.4 Å². The fourth-order valence-electron chi connectivity index (χ4n) is 4.41. The van der Waals surface area contributed by atoms with E-state index >= 15 is 0 Å². The fraction of sp³-hybridized carbons (Fsp3) is 0.333. The normalized spacial score (nSPS) is 12.7. The van der Waals surface area contributed by atoms with Gasteiger partial charge >= 0.3 is 6.03 Å². The molecule has 1 aliphatic rings. The molecule has 0 bridgehead atoms. The van der Waals surface area contributed by atoms with Gasteiger partial charge in [0.1, 0.15) is 16.6 Å². The second-order valence-electron chi connectivity index (χ2n) is 8.93. The molecule has 0 spiro atoms. The maximum Gasteiger partial charge on any atom is 0.317 e. The summed E-state index contributed by atoms with van der Waals surface area (Å²) in [6.07, 6.45) is 2.84. The van der Waals surface area contributed by atoms with Crippen LogP contribution in [0.3, 0.4) is 0 Å². The van der Waals surface area contributed by atoms with Gasteiger partial charge in [0.2, 0.25) is 5.95 Å². The van der Waals surface area contributed by atoms with Crippen LogP contribution in [0, 0.1) is 5.82 Å². The minimum absolute atomic E-state index is 0.0984. The molecular weight excluding hydrogens is 525 g/mol. The van der Waals surface area contributed by atoms with Gasteiger partial charge in [-0.05, 0) is 61.2 Å². The first-order valence-electron chi connectivity index (χ1n) is 12.5. The molecule has 3 amide bonds. The Morgan fingerprint density at radius 2 is 1.90 bits per heavy atom. The van der Waals surface area contributed by atoms with Gasteiger partial charge in [-0.25, -0.2) is 14.2 Å². The maximum absolute atomic E-state index is 13.7. The van der Waals surface area contributed by atoms with E-state index in [1.165, 1.54) is 35.5 Å². The summed E-state index contributed by atoms with van der Waals surface area (Å²) in [5.41, 5.74) is 6.10. The van der Waals surface area contributed by atoms with Gasteiger partial charge in [-0.2, -0.15) is 4.98 Å². The molecule has 4 rings (SSSR count). The number of anilines is 3. The van der Waals surface area contributed by atoms with Crippen molar-refractivity contribution in [2.75, 3.05) is 51.2 Å². The van der Waals surface area contributed by atoms with E-state index < -0.39 is 11.7 Å². The molecular formula is C27H31ClFN7O3. The zero-order valence-electron chi connectivity index (χ0n) is 22.3. The van der Waals surface area contributed by atoms with Crippen molar-refractivity contribution in [1.29, 1.82) is 0 Å². The number of fused-ring (bicyclic) bond motifs is 1. The minimum Gasteiger partial charge on any atom is -0.495 e. The van der Waals surface area contributed by atoms with Gasteiger partial charge in [-0.1, -0.05) is 17.7 Å². The Bertz CT molecular complexity index is 1370. The Balaban J connectivity index is 1.60. The summed E-state index contributed by atoms with van der Waals surface area (Å²) in [4.78, 5) is 37.6. The largest absolute Gasteiger partial charge is 0.495 e. The second kappa shape index (κ2) is 12.2. The van der Waals surface area contributed by atoms with Crippen LogP contribution in [0.4, 0.5) is 26.6 Å². The van der Waals surface area contributed by atoms with Crippen molar-refractivity contribution in [3.63, 3.8) is 0 Å². The Morgan fingerprint density at radius 3 is 2.54 bits per heavy atom. The van der Waals surface area contributed by atoms with Crippen LogP contribution in [0.15, 0.2) is 42.6 Å².